The molecule has 9 nitrogen and oxygen atoms in total. The van der Waals surface area contributed by atoms with E-state index < -0.39 is 0 Å². The van der Waals surface area contributed by atoms with E-state index >= 15 is 0 Å². The quantitative estimate of drug-likeness (QED) is 0.480. The van der Waals surface area contributed by atoms with Crippen LogP contribution in [0.2, 0.25) is 0 Å². The number of carbonyl (C=O) groups excluding carboxylic acids is 1. The molecule has 0 radical (unpaired) electrons. The van der Waals surface area contributed by atoms with E-state index in [0.717, 1.165) is 48.2 Å². The topological polar surface area (TPSA) is 94.1 Å². The van der Waals surface area contributed by atoms with Crippen molar-refractivity contribution in [2.24, 2.45) is 0 Å². The maximum absolute atomic E-state index is 14.9. The first-order valence-corrected chi connectivity index (χ1v) is 11.2. The van der Waals surface area contributed by atoms with Crippen LogP contribution in [0.1, 0.15) is 48.2 Å². The summed E-state index contributed by atoms with van der Waals surface area (Å²) in [6, 6.07) is 5.20. The van der Waals surface area contributed by atoms with Crippen molar-refractivity contribution in [3.05, 3.63) is 58.9 Å². The van der Waals surface area contributed by atoms with Crippen molar-refractivity contribution in [2.45, 2.75) is 51.4 Å². The van der Waals surface area contributed by atoms with E-state index in [9.17, 15) is 9.18 Å². The van der Waals surface area contributed by atoms with E-state index in [1.807, 2.05) is 19.9 Å². The van der Waals surface area contributed by atoms with Gasteiger partial charge < -0.3 is 4.90 Å². The number of aromatic nitrogens is 7. The molecular weight excluding hydrogens is 423 g/mol. The molecular formula is C23H23FN8O. The van der Waals surface area contributed by atoms with Crippen LogP contribution in [0.4, 0.5) is 10.1 Å². The molecule has 6 rings (SSSR count). The lowest BCUT2D eigenvalue weighted by molar-refractivity contribution is -0.118. The first kappa shape index (κ1) is 20.0. The van der Waals surface area contributed by atoms with E-state index in [4.69, 9.17) is 0 Å². The Morgan fingerprint density at radius 3 is 2.82 bits per heavy atom. The number of benzene rings is 1. The highest BCUT2D eigenvalue weighted by Gasteiger charge is 2.47. The number of aryl methyl sites for hydroxylation is 1. The summed E-state index contributed by atoms with van der Waals surface area (Å²) in [5.41, 5.74) is 4.16. The van der Waals surface area contributed by atoms with Crippen LogP contribution in [0.5, 0.6) is 0 Å². The Balaban J connectivity index is 1.36. The number of nitrogens with zero attached hydrogens (tertiary/aromatic N) is 8. The van der Waals surface area contributed by atoms with Gasteiger partial charge in [0.25, 0.3) is 0 Å². The second-order valence-electron chi connectivity index (χ2n) is 9.06. The molecule has 0 bridgehead atoms. The Morgan fingerprint density at radius 2 is 2.00 bits per heavy atom. The molecule has 1 saturated carbocycles. The van der Waals surface area contributed by atoms with E-state index in [2.05, 4.69) is 25.6 Å². The minimum Gasteiger partial charge on any atom is -0.308 e. The maximum Gasteiger partial charge on any atom is 0.231 e. The van der Waals surface area contributed by atoms with Crippen molar-refractivity contribution in [3.8, 4) is 5.82 Å². The molecule has 33 heavy (non-hydrogen) atoms. The maximum atomic E-state index is 14.9. The highest BCUT2D eigenvalue weighted by Crippen LogP contribution is 2.51. The zero-order valence-corrected chi connectivity index (χ0v) is 18.5. The molecule has 4 aromatic rings. The van der Waals surface area contributed by atoms with Gasteiger partial charge in [-0.15, -0.1) is 5.10 Å². The molecule has 4 heterocycles. The second-order valence-corrected chi connectivity index (χ2v) is 9.06. The highest BCUT2D eigenvalue weighted by atomic mass is 19.1. The van der Waals surface area contributed by atoms with Crippen LogP contribution in [0.3, 0.4) is 0 Å². The van der Waals surface area contributed by atoms with Crippen molar-refractivity contribution in [3.63, 3.8) is 0 Å². The first-order chi connectivity index (χ1) is 16.0. The number of anilines is 1. The third-order valence-electron chi connectivity index (χ3n) is 7.23. The van der Waals surface area contributed by atoms with Gasteiger partial charge in [-0.2, -0.15) is 9.61 Å². The molecule has 1 amide bonds. The second kappa shape index (κ2) is 7.16. The number of carbonyl (C=O) groups is 1. The zero-order chi connectivity index (χ0) is 22.7. The van der Waals surface area contributed by atoms with E-state index in [-0.39, 0.29) is 23.6 Å². The van der Waals surface area contributed by atoms with Gasteiger partial charge in [0.1, 0.15) is 5.82 Å². The number of fused-ring (bicyclic) bond motifs is 3. The van der Waals surface area contributed by atoms with Crippen LogP contribution < -0.4 is 4.90 Å². The zero-order valence-electron chi connectivity index (χ0n) is 18.5. The number of tetrazole rings is 1. The summed E-state index contributed by atoms with van der Waals surface area (Å²) in [5.74, 6) is 0.138. The van der Waals surface area contributed by atoms with Crippen LogP contribution in [0, 0.1) is 19.7 Å². The number of para-hydroxylation sites is 1. The third kappa shape index (κ3) is 2.89. The molecule has 0 unspecified atom stereocenters. The molecule has 0 N–H and O–H groups in total. The summed E-state index contributed by atoms with van der Waals surface area (Å²) in [6.45, 7) is 4.32. The van der Waals surface area contributed by atoms with Crippen LogP contribution in [0.15, 0.2) is 30.6 Å². The summed E-state index contributed by atoms with van der Waals surface area (Å²) in [7, 11) is 0. The fourth-order valence-electron chi connectivity index (χ4n) is 5.58. The fraction of sp³-hybridized carbons (Fsp3) is 0.391. The normalized spacial score (nSPS) is 16.8. The summed E-state index contributed by atoms with van der Waals surface area (Å²) < 4.78 is 18.2. The number of halogens is 1. The minimum absolute atomic E-state index is 0.116. The lowest BCUT2D eigenvalue weighted by Crippen LogP contribution is -2.36. The fourth-order valence-corrected chi connectivity index (χ4v) is 5.58. The van der Waals surface area contributed by atoms with Crippen molar-refractivity contribution in [1.29, 1.82) is 0 Å². The average Bonchev–Trinajstić information content (AvgIpc) is 3.59. The Hall–Kier alpha value is -3.69. The first-order valence-electron chi connectivity index (χ1n) is 11.2. The van der Waals surface area contributed by atoms with Crippen LogP contribution in [0.25, 0.3) is 11.5 Å². The number of rotatable bonds is 3. The molecule has 1 aromatic carbocycles. The minimum atomic E-state index is -0.329. The summed E-state index contributed by atoms with van der Waals surface area (Å²) in [5, 5.41) is 16.3. The van der Waals surface area contributed by atoms with Gasteiger partial charge in [0.05, 0.1) is 30.2 Å². The Morgan fingerprint density at radius 1 is 1.18 bits per heavy atom. The van der Waals surface area contributed by atoms with Gasteiger partial charge >= 0.3 is 0 Å². The van der Waals surface area contributed by atoms with Crippen molar-refractivity contribution >= 4 is 17.2 Å². The van der Waals surface area contributed by atoms with Gasteiger partial charge in [0, 0.05) is 23.2 Å². The molecule has 0 atom stereocenters. The summed E-state index contributed by atoms with van der Waals surface area (Å²) in [6.07, 6.45) is 7.54. The van der Waals surface area contributed by atoms with Gasteiger partial charge in [0.15, 0.2) is 11.5 Å². The van der Waals surface area contributed by atoms with Gasteiger partial charge in [-0.25, -0.2) is 9.07 Å². The Bertz CT molecular complexity index is 1400. The molecule has 10 heteroatoms. The molecule has 2 aliphatic rings. The smallest absolute Gasteiger partial charge is 0.231 e. The SMILES string of the molecule is Cc1nn(-c2cncc3nnnn23)c(C)c1CC(=O)N1CC2(CCCC2)c2cccc(F)c21. The standard InChI is InChI=1S/C23H23FN8O/c1-14-16(15(2)31(27-14)20-12-25-11-19-26-28-29-32(19)20)10-21(33)30-13-23(8-3-4-9-23)17-6-5-7-18(24)22(17)30/h5-7,11-12H,3-4,8-10,13H2,1-2H3. The van der Waals surface area contributed by atoms with Crippen molar-refractivity contribution < 1.29 is 9.18 Å². The van der Waals surface area contributed by atoms with Gasteiger partial charge in [0.2, 0.25) is 5.91 Å². The average molecular weight is 446 g/mol. The van der Waals surface area contributed by atoms with Gasteiger partial charge in [-0.1, -0.05) is 25.0 Å². The van der Waals surface area contributed by atoms with E-state index in [1.54, 1.807) is 32.6 Å². The van der Waals surface area contributed by atoms with Crippen molar-refractivity contribution in [2.75, 3.05) is 11.4 Å². The number of amides is 1. The number of hydrogen-bond acceptors (Lipinski definition) is 6. The predicted molar refractivity (Wildman–Crippen MR) is 118 cm³/mol. The third-order valence-corrected chi connectivity index (χ3v) is 7.23. The molecule has 1 aliphatic heterocycles. The summed E-state index contributed by atoms with van der Waals surface area (Å²) >= 11 is 0. The Kier molecular flexibility index (Phi) is 4.33. The summed E-state index contributed by atoms with van der Waals surface area (Å²) in [4.78, 5) is 19.4. The molecule has 1 fully saturated rings. The number of hydrogen-bond donors (Lipinski definition) is 0. The Labute approximate surface area is 189 Å². The molecule has 1 aliphatic carbocycles. The van der Waals surface area contributed by atoms with E-state index in [0.29, 0.717) is 23.7 Å². The van der Waals surface area contributed by atoms with Crippen molar-refractivity contribution in [1.82, 2.24) is 34.8 Å². The molecule has 168 valence electrons. The molecule has 0 saturated heterocycles. The van der Waals surface area contributed by atoms with Gasteiger partial charge in [-0.3, -0.25) is 9.78 Å². The monoisotopic (exact) mass is 446 g/mol. The van der Waals surface area contributed by atoms with Crippen LogP contribution >= 0.6 is 0 Å². The van der Waals surface area contributed by atoms with Crippen LogP contribution in [-0.4, -0.2) is 47.3 Å². The lowest BCUT2D eigenvalue weighted by Gasteiger charge is -2.24. The molecule has 3 aromatic heterocycles. The lowest BCUT2D eigenvalue weighted by atomic mass is 9.81. The van der Waals surface area contributed by atoms with Crippen LogP contribution in [-0.2, 0) is 16.6 Å². The molecule has 1 spiro atoms. The predicted octanol–water partition coefficient (Wildman–Crippen LogP) is 2.86. The highest BCUT2D eigenvalue weighted by molar-refractivity contribution is 5.98. The van der Waals surface area contributed by atoms with Gasteiger partial charge in [-0.05, 0) is 48.7 Å². The van der Waals surface area contributed by atoms with E-state index in [1.165, 1.54) is 6.07 Å². The largest absolute Gasteiger partial charge is 0.308 e.